The van der Waals surface area contributed by atoms with Crippen LogP contribution in [0.5, 0.6) is 5.75 Å². The van der Waals surface area contributed by atoms with E-state index in [0.717, 1.165) is 0 Å². The molecular weight excluding hydrogens is 304 g/mol. The summed E-state index contributed by atoms with van der Waals surface area (Å²) in [6, 6.07) is 5.16. The summed E-state index contributed by atoms with van der Waals surface area (Å²) in [6.45, 7) is 0.284. The molecule has 1 aliphatic rings. The molecule has 0 spiro atoms. The van der Waals surface area contributed by atoms with Crippen molar-refractivity contribution in [3.63, 3.8) is 0 Å². The molecule has 1 aliphatic heterocycles. The fourth-order valence-corrected chi connectivity index (χ4v) is 2.27. The second-order valence-electron chi connectivity index (χ2n) is 4.99. The molecule has 2 N–H and O–H groups in total. The van der Waals surface area contributed by atoms with Crippen LogP contribution in [0.2, 0.25) is 0 Å². The van der Waals surface area contributed by atoms with Gasteiger partial charge in [0, 0.05) is 19.5 Å². The molecular formula is C14H16F4N2O2. The lowest BCUT2D eigenvalue weighted by atomic mass is 10.1. The van der Waals surface area contributed by atoms with E-state index in [1.165, 1.54) is 18.2 Å². The van der Waals surface area contributed by atoms with Crippen molar-refractivity contribution in [3.8, 4) is 5.75 Å². The van der Waals surface area contributed by atoms with Gasteiger partial charge in [-0.2, -0.15) is 0 Å². The first-order chi connectivity index (χ1) is 10.3. The van der Waals surface area contributed by atoms with Crippen molar-refractivity contribution in [1.29, 1.82) is 0 Å². The average molecular weight is 320 g/mol. The highest BCUT2D eigenvalue weighted by molar-refractivity contribution is 5.82. The lowest BCUT2D eigenvalue weighted by molar-refractivity contribution is -0.274. The standard InChI is InChI=1S/C14H16F4N2O2/c15-10-7-11(20-8-10)13(21)19-6-5-9-3-1-2-4-12(9)22-14(16,17)18/h1-4,10-11,20H,5-8H2,(H,19,21)/t10-,11+/m0/s1. The van der Waals surface area contributed by atoms with Crippen LogP contribution in [0.15, 0.2) is 24.3 Å². The molecule has 0 radical (unpaired) electrons. The van der Waals surface area contributed by atoms with Crippen LogP contribution in [-0.4, -0.2) is 37.6 Å². The van der Waals surface area contributed by atoms with E-state index in [-0.39, 0.29) is 37.6 Å². The quantitative estimate of drug-likeness (QED) is 0.815. The van der Waals surface area contributed by atoms with E-state index in [4.69, 9.17) is 0 Å². The topological polar surface area (TPSA) is 50.4 Å². The minimum atomic E-state index is -4.76. The van der Waals surface area contributed by atoms with Gasteiger partial charge >= 0.3 is 6.36 Å². The number of amides is 1. The number of carbonyl (C=O) groups excluding carboxylic acids is 1. The maximum atomic E-state index is 13.0. The molecule has 2 atom stereocenters. The van der Waals surface area contributed by atoms with Crippen molar-refractivity contribution < 1.29 is 27.1 Å². The highest BCUT2D eigenvalue weighted by Crippen LogP contribution is 2.26. The number of carbonyl (C=O) groups is 1. The largest absolute Gasteiger partial charge is 0.573 e. The van der Waals surface area contributed by atoms with Crippen molar-refractivity contribution in [1.82, 2.24) is 10.6 Å². The first-order valence-corrected chi connectivity index (χ1v) is 6.84. The summed E-state index contributed by atoms with van der Waals surface area (Å²) in [5, 5.41) is 5.32. The van der Waals surface area contributed by atoms with Crippen LogP contribution in [0, 0.1) is 0 Å². The van der Waals surface area contributed by atoms with E-state index in [1.807, 2.05) is 0 Å². The zero-order valence-electron chi connectivity index (χ0n) is 11.6. The molecule has 1 aromatic carbocycles. The first-order valence-electron chi connectivity index (χ1n) is 6.84. The zero-order valence-corrected chi connectivity index (χ0v) is 11.6. The molecule has 22 heavy (non-hydrogen) atoms. The monoisotopic (exact) mass is 320 g/mol. The summed E-state index contributed by atoms with van der Waals surface area (Å²) in [5.74, 6) is -0.638. The van der Waals surface area contributed by atoms with Crippen LogP contribution in [-0.2, 0) is 11.2 Å². The predicted octanol–water partition coefficient (Wildman–Crippen LogP) is 1.94. The summed E-state index contributed by atoms with van der Waals surface area (Å²) in [4.78, 5) is 11.7. The fourth-order valence-electron chi connectivity index (χ4n) is 2.27. The smallest absolute Gasteiger partial charge is 0.406 e. The molecule has 1 aromatic rings. The Balaban J connectivity index is 1.85. The Morgan fingerprint density at radius 2 is 2.09 bits per heavy atom. The number of nitrogens with one attached hydrogen (secondary N) is 2. The number of alkyl halides is 4. The normalized spacial score (nSPS) is 21.6. The number of hydrogen-bond donors (Lipinski definition) is 2. The molecule has 0 saturated carbocycles. The van der Waals surface area contributed by atoms with Crippen LogP contribution in [0.25, 0.3) is 0 Å². The fraction of sp³-hybridized carbons (Fsp3) is 0.500. The van der Waals surface area contributed by atoms with E-state index in [1.54, 1.807) is 6.07 Å². The SMILES string of the molecule is O=C(NCCc1ccccc1OC(F)(F)F)[C@H]1C[C@H](F)CN1. The molecule has 1 heterocycles. The maximum absolute atomic E-state index is 13.0. The number of ether oxygens (including phenoxy) is 1. The van der Waals surface area contributed by atoms with Crippen molar-refractivity contribution in [2.75, 3.05) is 13.1 Å². The summed E-state index contributed by atoms with van der Waals surface area (Å²) in [5.41, 5.74) is 0.336. The van der Waals surface area contributed by atoms with E-state index >= 15 is 0 Å². The maximum Gasteiger partial charge on any atom is 0.573 e. The van der Waals surface area contributed by atoms with E-state index < -0.39 is 18.6 Å². The summed E-state index contributed by atoms with van der Waals surface area (Å²) >= 11 is 0. The molecule has 122 valence electrons. The Kier molecular flexibility index (Phi) is 5.23. The molecule has 8 heteroatoms. The summed E-state index contributed by atoms with van der Waals surface area (Å²) in [7, 11) is 0. The minimum Gasteiger partial charge on any atom is -0.406 e. The summed E-state index contributed by atoms with van der Waals surface area (Å²) < 4.78 is 53.7. The van der Waals surface area contributed by atoms with Gasteiger partial charge in [0.1, 0.15) is 11.9 Å². The predicted molar refractivity (Wildman–Crippen MR) is 71.1 cm³/mol. The van der Waals surface area contributed by atoms with Gasteiger partial charge in [-0.25, -0.2) is 4.39 Å². The molecule has 0 unspecified atom stereocenters. The summed E-state index contributed by atoms with van der Waals surface area (Å²) in [6.07, 6.45) is -5.51. The average Bonchev–Trinajstić information content (AvgIpc) is 2.86. The molecule has 1 fully saturated rings. The van der Waals surface area contributed by atoms with Crippen molar-refractivity contribution in [3.05, 3.63) is 29.8 Å². The van der Waals surface area contributed by atoms with Crippen molar-refractivity contribution in [2.45, 2.75) is 31.4 Å². The Bertz CT molecular complexity index is 522. The molecule has 1 saturated heterocycles. The number of para-hydroxylation sites is 1. The number of halogens is 4. The van der Waals surface area contributed by atoms with Gasteiger partial charge in [0.25, 0.3) is 0 Å². The Labute approximate surface area is 124 Å². The number of hydrogen-bond acceptors (Lipinski definition) is 3. The van der Waals surface area contributed by atoms with Crippen molar-refractivity contribution >= 4 is 5.91 Å². The third kappa shape index (κ3) is 4.87. The molecule has 2 rings (SSSR count). The number of benzene rings is 1. The molecule has 0 aliphatic carbocycles. The van der Waals surface area contributed by atoms with Gasteiger partial charge in [0.15, 0.2) is 0 Å². The highest BCUT2D eigenvalue weighted by atomic mass is 19.4. The van der Waals surface area contributed by atoms with E-state index in [9.17, 15) is 22.4 Å². The lowest BCUT2D eigenvalue weighted by Crippen LogP contribution is -2.41. The number of rotatable bonds is 5. The van der Waals surface area contributed by atoms with E-state index in [2.05, 4.69) is 15.4 Å². The minimum absolute atomic E-state index is 0.111. The Morgan fingerprint density at radius 3 is 2.73 bits per heavy atom. The molecule has 1 amide bonds. The van der Waals surface area contributed by atoms with Crippen LogP contribution < -0.4 is 15.4 Å². The molecule has 0 bridgehead atoms. The van der Waals surface area contributed by atoms with Gasteiger partial charge in [-0.05, 0) is 18.1 Å². The van der Waals surface area contributed by atoms with Crippen LogP contribution in [0.4, 0.5) is 17.6 Å². The van der Waals surface area contributed by atoms with E-state index in [0.29, 0.717) is 5.56 Å². The van der Waals surface area contributed by atoms with Crippen molar-refractivity contribution in [2.24, 2.45) is 0 Å². The molecule has 0 aromatic heterocycles. The third-order valence-electron chi connectivity index (χ3n) is 3.29. The van der Waals surface area contributed by atoms with Gasteiger partial charge in [0.2, 0.25) is 5.91 Å². The zero-order chi connectivity index (χ0) is 16.2. The first kappa shape index (κ1) is 16.5. The van der Waals surface area contributed by atoms with Gasteiger partial charge in [-0.3, -0.25) is 4.79 Å². The second kappa shape index (κ2) is 6.95. The van der Waals surface area contributed by atoms with Crippen LogP contribution in [0.3, 0.4) is 0 Å². The van der Waals surface area contributed by atoms with Crippen LogP contribution >= 0.6 is 0 Å². The Hall–Kier alpha value is -1.83. The Morgan fingerprint density at radius 1 is 1.36 bits per heavy atom. The highest BCUT2D eigenvalue weighted by Gasteiger charge is 2.32. The third-order valence-corrected chi connectivity index (χ3v) is 3.29. The van der Waals surface area contributed by atoms with Crippen LogP contribution in [0.1, 0.15) is 12.0 Å². The van der Waals surface area contributed by atoms with Gasteiger partial charge in [-0.15, -0.1) is 13.2 Å². The second-order valence-corrected chi connectivity index (χ2v) is 4.99. The van der Waals surface area contributed by atoms with Gasteiger partial charge in [0.05, 0.1) is 6.04 Å². The van der Waals surface area contributed by atoms with Gasteiger partial charge < -0.3 is 15.4 Å². The molecule has 4 nitrogen and oxygen atoms in total. The lowest BCUT2D eigenvalue weighted by Gasteiger charge is -2.14. The van der Waals surface area contributed by atoms with Gasteiger partial charge in [-0.1, -0.05) is 18.2 Å².